The fourth-order valence-corrected chi connectivity index (χ4v) is 32.6. The van der Waals surface area contributed by atoms with Crippen LogP contribution in [0, 0.1) is 11.8 Å². The van der Waals surface area contributed by atoms with E-state index in [2.05, 4.69) is 152 Å². The van der Waals surface area contributed by atoms with Crippen molar-refractivity contribution >= 4 is 60.8 Å². The van der Waals surface area contributed by atoms with E-state index in [1.165, 1.54) is 0 Å². The number of hydrogen-bond donors (Lipinski definition) is 4. The van der Waals surface area contributed by atoms with Crippen LogP contribution in [0.25, 0.3) is 0 Å². The Morgan fingerprint density at radius 2 is 1.13 bits per heavy atom. The van der Waals surface area contributed by atoms with Crippen LogP contribution in [0.1, 0.15) is 200 Å². The molecule has 0 unspecified atom stereocenters. The highest BCUT2D eigenvalue weighted by Gasteiger charge is 2.55. The van der Waals surface area contributed by atoms with Crippen LogP contribution >= 0.6 is 0 Å². The number of aliphatic imine (C=N–C) groups is 1. The average Bonchev–Trinajstić information content (AvgIpc) is 1.74. The molecule has 0 spiro atoms. The van der Waals surface area contributed by atoms with Gasteiger partial charge in [0.1, 0.15) is 37.2 Å². The third-order valence-corrected chi connectivity index (χ3v) is 38.7. The minimum absolute atomic E-state index is 0.0318. The van der Waals surface area contributed by atoms with E-state index in [1.807, 2.05) is 74.5 Å². The summed E-state index contributed by atoms with van der Waals surface area (Å²) >= 11 is 0. The molecular formula is C73H120N6O11Si3. The molecule has 5 amide bonds. The summed E-state index contributed by atoms with van der Waals surface area (Å²) < 4.78 is 33.1. The number of hydrogen-bond acceptors (Lipinski definition) is 11. The molecule has 1 aliphatic heterocycles. The zero-order chi connectivity index (χ0) is 69.3. The van der Waals surface area contributed by atoms with Crippen LogP contribution < -0.4 is 20.8 Å². The molecule has 93 heavy (non-hydrogen) atoms. The number of fused-ring (bicyclic) bond motifs is 1. The highest BCUT2D eigenvalue weighted by Crippen LogP contribution is 2.49. The van der Waals surface area contributed by atoms with Gasteiger partial charge in [0.2, 0.25) is 40.3 Å². The number of rotatable bonds is 33. The van der Waals surface area contributed by atoms with Gasteiger partial charge in [0.15, 0.2) is 0 Å². The molecule has 17 nitrogen and oxygen atoms in total. The van der Waals surface area contributed by atoms with Crippen LogP contribution in [0.15, 0.2) is 89.9 Å². The van der Waals surface area contributed by atoms with Crippen LogP contribution in [0.5, 0.6) is 5.75 Å². The van der Waals surface area contributed by atoms with Crippen LogP contribution in [0.4, 0.5) is 9.59 Å². The zero-order valence-corrected chi connectivity index (χ0v) is 63.3. The predicted molar refractivity (Wildman–Crippen MR) is 381 cm³/mol. The van der Waals surface area contributed by atoms with Gasteiger partial charge in [-0.1, -0.05) is 211 Å². The van der Waals surface area contributed by atoms with Crippen LogP contribution in [0.2, 0.25) is 49.9 Å². The number of benzene rings is 3. The van der Waals surface area contributed by atoms with E-state index >= 15 is 14.4 Å². The van der Waals surface area contributed by atoms with E-state index in [9.17, 15) is 14.7 Å². The summed E-state index contributed by atoms with van der Waals surface area (Å²) in [7, 11) is -7.37. The predicted octanol–water partition coefficient (Wildman–Crippen LogP) is 15.8. The minimum atomic E-state index is -2.72. The highest BCUT2D eigenvalue weighted by atomic mass is 28.4. The Hall–Kier alpha value is -5.39. The molecule has 5 N–H and O–H groups in total. The van der Waals surface area contributed by atoms with Gasteiger partial charge in [-0.05, 0) is 135 Å². The Kier molecular flexibility index (Phi) is 29.9. The van der Waals surface area contributed by atoms with Gasteiger partial charge >= 0.3 is 12.2 Å². The number of nitrogens with zero attached hydrogens (tertiary/aromatic N) is 3. The molecule has 7 atom stereocenters. The number of guanidine groups is 1. The lowest BCUT2D eigenvalue weighted by Gasteiger charge is -2.47. The Morgan fingerprint density at radius 3 is 1.61 bits per heavy atom. The number of likely N-dealkylation sites (tertiary alicyclic amines) is 1. The van der Waals surface area contributed by atoms with Crippen LogP contribution in [-0.4, -0.2) is 125 Å². The fraction of sp³-hybridized carbons (Fsp3) is 0.671. The Balaban J connectivity index is 1.50. The van der Waals surface area contributed by atoms with Gasteiger partial charge in [0.25, 0.3) is 8.32 Å². The molecule has 2 fully saturated rings. The van der Waals surface area contributed by atoms with Crippen molar-refractivity contribution < 1.29 is 51.8 Å². The number of nitrogens with one attached hydrogen (secondary N) is 2. The first-order valence-electron chi connectivity index (χ1n) is 35.0. The number of amides is 5. The first-order valence-corrected chi connectivity index (χ1v) is 41.4. The van der Waals surface area contributed by atoms with E-state index in [0.717, 1.165) is 40.2 Å². The number of carbonyl (C=O) groups excluding carboxylic acids is 5. The van der Waals surface area contributed by atoms with Crippen molar-refractivity contribution in [3.8, 4) is 5.75 Å². The molecule has 1 aliphatic carbocycles. The summed E-state index contributed by atoms with van der Waals surface area (Å²) in [5.41, 5.74) is 11.4. The summed E-state index contributed by atoms with van der Waals surface area (Å²) in [4.78, 5) is 80.5. The molecule has 3 aromatic rings. The van der Waals surface area contributed by atoms with Gasteiger partial charge in [-0.2, -0.15) is 0 Å². The Morgan fingerprint density at radius 1 is 0.624 bits per heavy atom. The first kappa shape index (κ1) is 78.3. The van der Waals surface area contributed by atoms with Crippen molar-refractivity contribution in [1.29, 1.82) is 0 Å². The lowest BCUT2D eigenvalue weighted by Crippen LogP contribution is -2.60. The van der Waals surface area contributed by atoms with Gasteiger partial charge in [0, 0.05) is 25.1 Å². The number of aliphatic hydroxyl groups excluding tert-OH is 1. The standard InChI is InChI=1S/C73H120N6O11Si3/c1-47(2)40-64(76-69(82)67(90-93(54(15)16,55(17)18)56(19)20)41-57-33-36-62(37-34-57)88-91(48(3)4,49(5)6)50(7)8)70(83)79-65-43-63(89-92(51(9)10,52(11)12)53(13)14)38-35-60(65)42-66(79)68(81)75-61(44-80)32-27-39-78(73(85)87-46-59-30-25-22-26-31-59)71(74)77-72(84)86-45-58-28-23-21-24-29-58/h21-26,28-31,33-34,36-37,47-56,60-61,63-67,80H,27,32,35,38-46H2,1-20H3,(H,75,81)(H,76,82)(H2,74,77,84)/t60-,61-,63+,64+,65-,66-,67+/m0/s1. The molecular weight excluding hydrogens is 1220 g/mol. The monoisotopic (exact) mass is 1340 g/mol. The maximum atomic E-state index is 16.2. The van der Waals surface area contributed by atoms with Crippen LogP contribution in [-0.2, 0) is 52.3 Å². The lowest BCUT2D eigenvalue weighted by molar-refractivity contribution is -0.146. The van der Waals surface area contributed by atoms with Crippen molar-refractivity contribution in [2.24, 2.45) is 22.6 Å². The second kappa shape index (κ2) is 35.6. The third kappa shape index (κ3) is 19.9. The smallest absolute Gasteiger partial charge is 0.437 e. The minimum Gasteiger partial charge on any atom is -0.543 e. The highest BCUT2D eigenvalue weighted by molar-refractivity contribution is 6.79. The fourth-order valence-electron chi connectivity index (χ4n) is 16.2. The summed E-state index contributed by atoms with van der Waals surface area (Å²) in [6, 6.07) is 23.2. The Labute approximate surface area is 562 Å². The molecule has 2 aliphatic rings. The normalized spacial score (nSPS) is 18.5. The lowest BCUT2D eigenvalue weighted by atomic mass is 9.83. The van der Waals surface area contributed by atoms with Crippen molar-refractivity contribution in [3.63, 3.8) is 0 Å². The van der Waals surface area contributed by atoms with Gasteiger partial charge in [-0.15, -0.1) is 4.99 Å². The summed E-state index contributed by atoms with van der Waals surface area (Å²) in [5, 5.41) is 17.4. The summed E-state index contributed by atoms with van der Waals surface area (Å²) in [5.74, 6) is -0.813. The summed E-state index contributed by atoms with van der Waals surface area (Å²) in [6.45, 7) is 43.9. The largest absolute Gasteiger partial charge is 0.543 e. The molecule has 20 heteroatoms. The molecule has 1 saturated carbocycles. The van der Waals surface area contributed by atoms with E-state index in [0.29, 0.717) is 52.5 Å². The van der Waals surface area contributed by atoms with Gasteiger partial charge in [-0.3, -0.25) is 14.4 Å². The van der Waals surface area contributed by atoms with Crippen molar-refractivity contribution in [2.45, 2.75) is 289 Å². The molecule has 1 saturated heterocycles. The topological polar surface area (TPSA) is 221 Å². The average molecular weight is 1340 g/mol. The van der Waals surface area contributed by atoms with E-state index < -0.39 is 79.8 Å². The zero-order valence-electron chi connectivity index (χ0n) is 60.3. The molecule has 0 bridgehead atoms. The maximum absolute atomic E-state index is 16.2. The number of ether oxygens (including phenoxy) is 2. The quantitative estimate of drug-likeness (QED) is 0.0254. The van der Waals surface area contributed by atoms with Crippen LogP contribution in [0.3, 0.4) is 0 Å². The van der Waals surface area contributed by atoms with Crippen molar-refractivity contribution in [3.05, 3.63) is 102 Å². The van der Waals surface area contributed by atoms with Gasteiger partial charge in [-0.25, -0.2) is 14.5 Å². The number of aliphatic hydroxyl groups is 1. The van der Waals surface area contributed by atoms with E-state index in [1.54, 1.807) is 17.0 Å². The molecule has 3 aromatic carbocycles. The SMILES string of the molecule is CC(C)C[C@@H](NC(=O)[C@@H](Cc1ccc(O[Si](C(C)C)(C(C)C)C(C)C)cc1)O[Si](C(C)C)(C(C)C)C(C)C)C(=O)N1[C@H](C(=O)N[C@H](CO)CCCN(C(=O)OCc2ccccc2)/C(N)=N/C(=O)OCc2ccccc2)C[C@@H]2CC[C@@H](O[Si](C(C)C)(C(C)C)C(C)C)C[C@@H]21. The van der Waals surface area contributed by atoms with Crippen molar-refractivity contribution in [1.82, 2.24) is 20.4 Å². The molecule has 5 rings (SSSR count). The molecule has 1 heterocycles. The second-order valence-corrected chi connectivity index (χ2v) is 46.0. The van der Waals surface area contributed by atoms with Gasteiger partial charge in [0.05, 0.1) is 12.6 Å². The number of nitrogens with two attached hydrogens (primary N) is 1. The van der Waals surface area contributed by atoms with Gasteiger partial charge < -0.3 is 49.1 Å². The molecule has 520 valence electrons. The number of carbonyl (C=O) groups is 5. The van der Waals surface area contributed by atoms with E-state index in [4.69, 9.17) is 28.5 Å². The molecule has 0 radical (unpaired) electrons. The molecule has 0 aromatic heterocycles. The first-order chi connectivity index (χ1) is 43.8. The van der Waals surface area contributed by atoms with Crippen molar-refractivity contribution in [2.75, 3.05) is 13.2 Å². The summed E-state index contributed by atoms with van der Waals surface area (Å²) in [6.07, 6.45) is 0.452. The second-order valence-electron chi connectivity index (χ2n) is 29.8. The third-order valence-electron chi connectivity index (χ3n) is 20.4. The van der Waals surface area contributed by atoms with E-state index in [-0.39, 0.29) is 91.4 Å². The maximum Gasteiger partial charge on any atom is 0.437 e. The Bertz CT molecular complexity index is 2790.